The number of methoxy groups -OCH3 is 1. The summed E-state index contributed by atoms with van der Waals surface area (Å²) in [7, 11) is -2.90. The topological polar surface area (TPSA) is 99.5 Å². The molecule has 8 heteroatoms. The SMILES string of the molecule is COc1cccc(C(=O)c2cc3c(n2S(=O)(=O)c2ccccc2)C(=O)C=CC3=O)c1. The fourth-order valence-electron chi connectivity index (χ4n) is 3.25. The number of carbonyl (C=O) groups is 3. The van der Waals surface area contributed by atoms with Crippen LogP contribution >= 0.6 is 0 Å². The van der Waals surface area contributed by atoms with Crippen LogP contribution in [-0.2, 0) is 10.0 Å². The van der Waals surface area contributed by atoms with Gasteiger partial charge in [-0.1, -0.05) is 30.3 Å². The molecular weight excluding hydrogens is 406 g/mol. The third-order valence-corrected chi connectivity index (χ3v) is 6.42. The van der Waals surface area contributed by atoms with Gasteiger partial charge in [0.1, 0.15) is 17.1 Å². The molecule has 4 rings (SSSR count). The highest BCUT2D eigenvalue weighted by molar-refractivity contribution is 7.90. The van der Waals surface area contributed by atoms with Crippen LogP contribution in [0.1, 0.15) is 36.9 Å². The minimum absolute atomic E-state index is 0.113. The molecule has 0 N–H and O–H groups in total. The number of allylic oxidation sites excluding steroid dienone is 2. The molecule has 150 valence electrons. The summed E-state index contributed by atoms with van der Waals surface area (Å²) in [5.41, 5.74) is -0.630. The summed E-state index contributed by atoms with van der Waals surface area (Å²) >= 11 is 0. The predicted molar refractivity (Wildman–Crippen MR) is 108 cm³/mol. The summed E-state index contributed by atoms with van der Waals surface area (Å²) in [4.78, 5) is 38.0. The fraction of sp³-hybridized carbons (Fsp3) is 0.0455. The molecule has 1 heterocycles. The van der Waals surface area contributed by atoms with Crippen LogP contribution in [0.4, 0.5) is 0 Å². The zero-order valence-electron chi connectivity index (χ0n) is 15.7. The second-order valence-electron chi connectivity index (χ2n) is 6.50. The maximum atomic E-state index is 13.4. The van der Waals surface area contributed by atoms with E-state index in [1.165, 1.54) is 43.5 Å². The number of aromatic nitrogens is 1. The highest BCUT2D eigenvalue weighted by Gasteiger charge is 2.35. The number of fused-ring (bicyclic) bond motifs is 1. The van der Waals surface area contributed by atoms with Gasteiger partial charge in [0.25, 0.3) is 10.0 Å². The zero-order valence-corrected chi connectivity index (χ0v) is 16.5. The molecule has 0 bridgehead atoms. The summed E-state index contributed by atoms with van der Waals surface area (Å²) in [6.45, 7) is 0. The molecule has 0 amide bonds. The average molecular weight is 421 g/mol. The van der Waals surface area contributed by atoms with Crippen molar-refractivity contribution in [2.75, 3.05) is 7.11 Å². The first kappa shape index (κ1) is 19.5. The Morgan fingerprint density at radius 2 is 1.60 bits per heavy atom. The van der Waals surface area contributed by atoms with Crippen LogP contribution in [-0.4, -0.2) is 36.8 Å². The van der Waals surface area contributed by atoms with E-state index in [-0.39, 0.29) is 27.4 Å². The number of carbonyl (C=O) groups excluding carboxylic acids is 3. The largest absolute Gasteiger partial charge is 0.497 e. The summed E-state index contributed by atoms with van der Waals surface area (Å²) in [6.07, 6.45) is 2.06. The third kappa shape index (κ3) is 3.07. The number of hydrogen-bond acceptors (Lipinski definition) is 6. The maximum Gasteiger partial charge on any atom is 0.268 e. The van der Waals surface area contributed by atoms with Gasteiger partial charge in [-0.25, -0.2) is 12.4 Å². The maximum absolute atomic E-state index is 13.4. The van der Waals surface area contributed by atoms with Crippen molar-refractivity contribution in [3.05, 3.63) is 95.3 Å². The molecule has 0 unspecified atom stereocenters. The lowest BCUT2D eigenvalue weighted by Gasteiger charge is -2.14. The quantitative estimate of drug-likeness (QED) is 0.588. The zero-order chi connectivity index (χ0) is 21.5. The second kappa shape index (κ2) is 7.23. The minimum Gasteiger partial charge on any atom is -0.497 e. The van der Waals surface area contributed by atoms with Crippen molar-refractivity contribution in [2.45, 2.75) is 4.90 Å². The van der Waals surface area contributed by atoms with Gasteiger partial charge in [-0.15, -0.1) is 0 Å². The van der Waals surface area contributed by atoms with E-state index >= 15 is 0 Å². The highest BCUT2D eigenvalue weighted by Crippen LogP contribution is 2.29. The van der Waals surface area contributed by atoms with E-state index in [0.29, 0.717) is 9.72 Å². The van der Waals surface area contributed by atoms with Gasteiger partial charge in [-0.05, 0) is 42.5 Å². The van der Waals surface area contributed by atoms with Gasteiger partial charge in [0.2, 0.25) is 11.6 Å². The Labute approximate surface area is 172 Å². The van der Waals surface area contributed by atoms with Crippen molar-refractivity contribution in [2.24, 2.45) is 0 Å². The van der Waals surface area contributed by atoms with Crippen molar-refractivity contribution in [1.82, 2.24) is 3.97 Å². The minimum atomic E-state index is -4.34. The van der Waals surface area contributed by atoms with Crippen LogP contribution in [0.5, 0.6) is 5.75 Å². The van der Waals surface area contributed by atoms with Crippen LogP contribution in [0.25, 0.3) is 0 Å². The molecule has 0 saturated heterocycles. The molecule has 0 radical (unpaired) electrons. The summed E-state index contributed by atoms with van der Waals surface area (Å²) in [5, 5.41) is 0. The summed E-state index contributed by atoms with van der Waals surface area (Å²) < 4.78 is 32.6. The van der Waals surface area contributed by atoms with Crippen LogP contribution < -0.4 is 4.74 Å². The number of ketones is 3. The first-order chi connectivity index (χ1) is 14.3. The van der Waals surface area contributed by atoms with Gasteiger partial charge in [0, 0.05) is 5.56 Å². The van der Waals surface area contributed by atoms with Crippen molar-refractivity contribution in [1.29, 1.82) is 0 Å². The molecule has 2 aromatic carbocycles. The second-order valence-corrected chi connectivity index (χ2v) is 8.28. The highest BCUT2D eigenvalue weighted by atomic mass is 32.2. The van der Waals surface area contributed by atoms with E-state index in [1.54, 1.807) is 18.2 Å². The molecule has 0 fully saturated rings. The normalized spacial score (nSPS) is 13.2. The number of rotatable bonds is 5. The van der Waals surface area contributed by atoms with Crippen molar-refractivity contribution in [3.63, 3.8) is 0 Å². The van der Waals surface area contributed by atoms with Crippen LogP contribution in [0.2, 0.25) is 0 Å². The van der Waals surface area contributed by atoms with E-state index in [4.69, 9.17) is 4.74 Å². The molecule has 3 aromatic rings. The van der Waals surface area contributed by atoms with E-state index in [1.807, 2.05) is 0 Å². The first-order valence-electron chi connectivity index (χ1n) is 8.86. The molecular formula is C22H15NO6S. The van der Waals surface area contributed by atoms with E-state index in [0.717, 1.165) is 18.2 Å². The van der Waals surface area contributed by atoms with E-state index in [2.05, 4.69) is 0 Å². The predicted octanol–water partition coefficient (Wildman–Crippen LogP) is 2.90. The van der Waals surface area contributed by atoms with Crippen LogP contribution in [0.15, 0.2) is 77.7 Å². The summed E-state index contributed by atoms with van der Waals surface area (Å²) in [5.74, 6) is -1.48. The molecule has 1 aromatic heterocycles. The Morgan fingerprint density at radius 1 is 0.900 bits per heavy atom. The number of hydrogen-bond donors (Lipinski definition) is 0. The monoisotopic (exact) mass is 421 g/mol. The molecule has 30 heavy (non-hydrogen) atoms. The van der Waals surface area contributed by atoms with Gasteiger partial charge >= 0.3 is 0 Å². The van der Waals surface area contributed by atoms with Gasteiger partial charge in [-0.3, -0.25) is 14.4 Å². The lowest BCUT2D eigenvalue weighted by atomic mass is 10.0. The van der Waals surface area contributed by atoms with Crippen molar-refractivity contribution < 1.29 is 27.5 Å². The van der Waals surface area contributed by atoms with Crippen LogP contribution in [0, 0.1) is 0 Å². The Hall–Kier alpha value is -3.78. The van der Waals surface area contributed by atoms with Gasteiger partial charge in [0.05, 0.1) is 17.6 Å². The average Bonchev–Trinajstić information content (AvgIpc) is 3.19. The molecule has 0 aliphatic heterocycles. The number of benzene rings is 2. The van der Waals surface area contributed by atoms with Crippen molar-refractivity contribution in [3.8, 4) is 5.75 Å². The molecule has 0 atom stereocenters. The van der Waals surface area contributed by atoms with E-state index < -0.39 is 27.4 Å². The smallest absolute Gasteiger partial charge is 0.268 e. The Bertz CT molecular complexity index is 1330. The van der Waals surface area contributed by atoms with Gasteiger partial charge in [0.15, 0.2) is 5.78 Å². The van der Waals surface area contributed by atoms with Gasteiger partial charge < -0.3 is 4.74 Å². The molecule has 7 nitrogen and oxygen atoms in total. The molecule has 1 aliphatic carbocycles. The molecule has 0 saturated carbocycles. The lowest BCUT2D eigenvalue weighted by Crippen LogP contribution is -2.24. The van der Waals surface area contributed by atoms with Crippen LogP contribution in [0.3, 0.4) is 0 Å². The third-order valence-electron chi connectivity index (χ3n) is 4.69. The Morgan fingerprint density at radius 3 is 2.30 bits per heavy atom. The summed E-state index contributed by atoms with van der Waals surface area (Å²) in [6, 6.07) is 14.7. The molecule has 1 aliphatic rings. The van der Waals surface area contributed by atoms with Crippen molar-refractivity contribution >= 4 is 27.4 Å². The number of nitrogens with zero attached hydrogens (tertiary/aromatic N) is 1. The van der Waals surface area contributed by atoms with E-state index in [9.17, 15) is 22.8 Å². The Balaban J connectivity index is 2.00. The first-order valence-corrected chi connectivity index (χ1v) is 10.3. The molecule has 0 spiro atoms. The standard InChI is InChI=1S/C22H15NO6S/c1-29-15-7-5-6-14(12-15)22(26)18-13-17-19(24)10-11-20(25)21(17)23(18)30(27,28)16-8-3-2-4-9-16/h2-13H,1H3. The Kier molecular flexibility index (Phi) is 4.71. The van der Waals surface area contributed by atoms with Gasteiger partial charge in [-0.2, -0.15) is 0 Å². The lowest BCUT2D eigenvalue weighted by molar-refractivity contribution is 0.0990. The fourth-order valence-corrected chi connectivity index (χ4v) is 4.79. The number of ether oxygens (including phenoxy) is 1.